The van der Waals surface area contributed by atoms with Crippen molar-refractivity contribution in [1.29, 1.82) is 0 Å². The van der Waals surface area contributed by atoms with Gasteiger partial charge in [0, 0.05) is 0 Å². The highest BCUT2D eigenvalue weighted by atomic mass is 16.5. The highest BCUT2D eigenvalue weighted by molar-refractivity contribution is 5.97. The Morgan fingerprint density at radius 1 is 1.10 bits per heavy atom. The first kappa shape index (κ1) is 16.2. The van der Waals surface area contributed by atoms with Crippen LogP contribution in [0.1, 0.15) is 34.6 Å². The zero-order valence-electron chi connectivity index (χ0n) is 12.7. The van der Waals surface area contributed by atoms with Crippen molar-refractivity contribution in [2.24, 2.45) is 5.92 Å². The van der Waals surface area contributed by atoms with E-state index in [1.54, 1.807) is 45.9 Å². The van der Waals surface area contributed by atoms with E-state index in [0.717, 1.165) is 5.57 Å². The largest absolute Gasteiger partial charge is 0.462 e. The average molecular weight is 278 g/mol. The first-order chi connectivity index (χ1) is 9.31. The number of hydrogen-bond acceptors (Lipinski definition) is 4. The fourth-order valence-electron chi connectivity index (χ4n) is 1.79. The molecule has 1 rings (SSSR count). The molecule has 0 radical (unpaired) electrons. The van der Waals surface area contributed by atoms with Crippen molar-refractivity contribution in [3.8, 4) is 0 Å². The van der Waals surface area contributed by atoms with Crippen LogP contribution < -0.4 is 0 Å². The van der Waals surface area contributed by atoms with Crippen molar-refractivity contribution in [3.63, 3.8) is 0 Å². The Kier molecular flexibility index (Phi) is 5.74. The highest BCUT2D eigenvalue weighted by Crippen LogP contribution is 2.23. The van der Waals surface area contributed by atoms with E-state index in [1.807, 2.05) is 13.0 Å². The van der Waals surface area contributed by atoms with Crippen LogP contribution in [0.4, 0.5) is 0 Å². The molecule has 0 N–H and O–H groups in total. The second kappa shape index (κ2) is 7.08. The Balaban J connectivity index is 3.03. The van der Waals surface area contributed by atoms with E-state index in [9.17, 15) is 9.59 Å². The number of hydrogen-bond donors (Lipinski definition) is 0. The lowest BCUT2D eigenvalue weighted by atomic mass is 9.97. The van der Waals surface area contributed by atoms with Crippen LogP contribution in [-0.4, -0.2) is 24.1 Å². The number of rotatable bonds is 4. The summed E-state index contributed by atoms with van der Waals surface area (Å²) in [4.78, 5) is 24.3. The molecule has 1 unspecified atom stereocenters. The molecule has 0 aliphatic heterocycles. The van der Waals surface area contributed by atoms with Crippen LogP contribution in [0.2, 0.25) is 0 Å². The normalized spacial score (nSPS) is 18.4. The van der Waals surface area contributed by atoms with Crippen LogP contribution >= 0.6 is 0 Å². The summed E-state index contributed by atoms with van der Waals surface area (Å²) in [6.07, 6.45) is 6.46. The molecular weight excluding hydrogens is 256 g/mol. The SMILES string of the molecule is CC1=CC(C(=O)OC(C)C)C(C(=O)OC(C)C)=CC=C1. The summed E-state index contributed by atoms with van der Waals surface area (Å²) in [7, 11) is 0. The highest BCUT2D eigenvalue weighted by Gasteiger charge is 2.29. The van der Waals surface area contributed by atoms with Gasteiger partial charge in [-0.2, -0.15) is 0 Å². The summed E-state index contributed by atoms with van der Waals surface area (Å²) < 4.78 is 10.4. The van der Waals surface area contributed by atoms with Gasteiger partial charge in [-0.3, -0.25) is 4.79 Å². The van der Waals surface area contributed by atoms with Gasteiger partial charge in [-0.25, -0.2) is 4.79 Å². The Hall–Kier alpha value is -1.84. The van der Waals surface area contributed by atoms with Gasteiger partial charge >= 0.3 is 11.9 Å². The van der Waals surface area contributed by atoms with E-state index in [-0.39, 0.29) is 12.2 Å². The van der Waals surface area contributed by atoms with Gasteiger partial charge < -0.3 is 9.47 Å². The molecule has 0 spiro atoms. The molecule has 4 heteroatoms. The fraction of sp³-hybridized carbons (Fsp3) is 0.500. The third-order valence-electron chi connectivity index (χ3n) is 2.58. The Bertz CT molecular complexity index is 467. The molecule has 0 bridgehead atoms. The van der Waals surface area contributed by atoms with Gasteiger partial charge in [-0.05, 0) is 34.6 Å². The summed E-state index contributed by atoms with van der Waals surface area (Å²) in [6.45, 7) is 8.97. The standard InChI is InChI=1S/C16H22O4/c1-10(2)19-15(17)13-8-6-7-12(5)9-14(13)16(18)20-11(3)4/h6-11,14H,1-5H3. The smallest absolute Gasteiger partial charge is 0.335 e. The Morgan fingerprint density at radius 2 is 1.70 bits per heavy atom. The molecule has 20 heavy (non-hydrogen) atoms. The number of esters is 2. The lowest BCUT2D eigenvalue weighted by Crippen LogP contribution is -2.27. The molecule has 0 fully saturated rings. The third-order valence-corrected chi connectivity index (χ3v) is 2.58. The zero-order chi connectivity index (χ0) is 15.3. The minimum absolute atomic E-state index is 0.227. The lowest BCUT2D eigenvalue weighted by Gasteiger charge is -2.18. The molecule has 0 amide bonds. The van der Waals surface area contributed by atoms with Crippen molar-refractivity contribution in [2.75, 3.05) is 0 Å². The van der Waals surface area contributed by atoms with Gasteiger partial charge in [0.1, 0.15) is 5.92 Å². The van der Waals surface area contributed by atoms with Crippen LogP contribution in [0.25, 0.3) is 0 Å². The molecule has 0 aromatic rings. The molecule has 0 saturated heterocycles. The average Bonchev–Trinajstić information content (AvgIpc) is 2.49. The fourth-order valence-corrected chi connectivity index (χ4v) is 1.79. The minimum Gasteiger partial charge on any atom is -0.462 e. The van der Waals surface area contributed by atoms with Crippen LogP contribution in [0.15, 0.2) is 35.5 Å². The van der Waals surface area contributed by atoms with Gasteiger partial charge in [0.2, 0.25) is 0 Å². The van der Waals surface area contributed by atoms with Crippen molar-refractivity contribution in [2.45, 2.75) is 46.8 Å². The quantitative estimate of drug-likeness (QED) is 0.742. The van der Waals surface area contributed by atoms with Gasteiger partial charge in [0.05, 0.1) is 17.8 Å². The topological polar surface area (TPSA) is 52.6 Å². The summed E-state index contributed by atoms with van der Waals surface area (Å²) >= 11 is 0. The van der Waals surface area contributed by atoms with Gasteiger partial charge in [0.15, 0.2) is 0 Å². The van der Waals surface area contributed by atoms with E-state index in [4.69, 9.17) is 9.47 Å². The Morgan fingerprint density at radius 3 is 2.25 bits per heavy atom. The maximum Gasteiger partial charge on any atom is 0.335 e. The van der Waals surface area contributed by atoms with E-state index >= 15 is 0 Å². The molecule has 0 aromatic heterocycles. The number of allylic oxidation sites excluding steroid dienone is 4. The predicted molar refractivity (Wildman–Crippen MR) is 76.9 cm³/mol. The number of ether oxygens (including phenoxy) is 2. The van der Waals surface area contributed by atoms with E-state index < -0.39 is 17.9 Å². The molecule has 0 aromatic carbocycles. The number of carbonyl (C=O) groups excluding carboxylic acids is 2. The maximum atomic E-state index is 12.2. The van der Waals surface area contributed by atoms with Gasteiger partial charge in [-0.1, -0.05) is 29.9 Å². The predicted octanol–water partition coefficient (Wildman–Crippen LogP) is 2.95. The summed E-state index contributed by atoms with van der Waals surface area (Å²) in [5, 5.41) is 0. The number of carbonyl (C=O) groups is 2. The first-order valence-corrected chi connectivity index (χ1v) is 6.79. The minimum atomic E-state index is -0.723. The van der Waals surface area contributed by atoms with E-state index in [2.05, 4.69) is 0 Å². The third kappa shape index (κ3) is 4.68. The van der Waals surface area contributed by atoms with Crippen LogP contribution in [0, 0.1) is 5.92 Å². The van der Waals surface area contributed by atoms with Crippen LogP contribution in [-0.2, 0) is 19.1 Å². The Labute approximate surface area is 120 Å². The van der Waals surface area contributed by atoms with Crippen LogP contribution in [0.3, 0.4) is 0 Å². The second-order valence-electron chi connectivity index (χ2n) is 5.31. The van der Waals surface area contributed by atoms with Crippen LogP contribution in [0.5, 0.6) is 0 Å². The molecule has 4 nitrogen and oxygen atoms in total. The molecule has 110 valence electrons. The molecule has 0 saturated carbocycles. The molecule has 0 heterocycles. The summed E-state index contributed by atoms with van der Waals surface area (Å²) in [5.74, 6) is -1.64. The van der Waals surface area contributed by atoms with Crippen molar-refractivity contribution < 1.29 is 19.1 Å². The van der Waals surface area contributed by atoms with E-state index in [0.29, 0.717) is 5.57 Å². The maximum absolute atomic E-state index is 12.2. The van der Waals surface area contributed by atoms with Gasteiger partial charge in [0.25, 0.3) is 0 Å². The molecule has 1 atom stereocenters. The molecule has 1 aliphatic carbocycles. The second-order valence-corrected chi connectivity index (χ2v) is 5.31. The molecule has 1 aliphatic rings. The van der Waals surface area contributed by atoms with Crippen molar-refractivity contribution >= 4 is 11.9 Å². The summed E-state index contributed by atoms with van der Waals surface area (Å²) in [6, 6.07) is 0. The monoisotopic (exact) mass is 278 g/mol. The lowest BCUT2D eigenvalue weighted by molar-refractivity contribution is -0.153. The van der Waals surface area contributed by atoms with Gasteiger partial charge in [-0.15, -0.1) is 0 Å². The van der Waals surface area contributed by atoms with E-state index in [1.165, 1.54) is 0 Å². The van der Waals surface area contributed by atoms with Crippen molar-refractivity contribution in [1.82, 2.24) is 0 Å². The van der Waals surface area contributed by atoms with Crippen molar-refractivity contribution in [3.05, 3.63) is 35.5 Å². The molecular formula is C16H22O4. The zero-order valence-corrected chi connectivity index (χ0v) is 12.7. The first-order valence-electron chi connectivity index (χ1n) is 6.79. The summed E-state index contributed by atoms with van der Waals surface area (Å²) in [5.41, 5.74) is 1.21.